The highest BCUT2D eigenvalue weighted by Crippen LogP contribution is 2.35. The number of benzene rings is 2. The molecule has 158 valence electrons. The highest BCUT2D eigenvalue weighted by Gasteiger charge is 2.34. The lowest BCUT2D eigenvalue weighted by Crippen LogP contribution is -2.52. The lowest BCUT2D eigenvalue weighted by Gasteiger charge is -2.38. The van der Waals surface area contributed by atoms with E-state index in [0.29, 0.717) is 56.5 Å². The van der Waals surface area contributed by atoms with Crippen molar-refractivity contribution < 1.29 is 23.8 Å². The van der Waals surface area contributed by atoms with Crippen molar-refractivity contribution in [3.63, 3.8) is 0 Å². The van der Waals surface area contributed by atoms with Gasteiger partial charge in [-0.15, -0.1) is 0 Å². The second-order valence-electron chi connectivity index (χ2n) is 7.48. The van der Waals surface area contributed by atoms with Crippen LogP contribution in [0.3, 0.4) is 0 Å². The molecule has 4 rings (SSSR count). The number of morpholine rings is 1. The third-order valence-electron chi connectivity index (χ3n) is 5.51. The zero-order chi connectivity index (χ0) is 21.1. The number of nitrogens with zero attached hydrogens (tertiary/aromatic N) is 2. The quantitative estimate of drug-likeness (QED) is 0.706. The van der Waals surface area contributed by atoms with Crippen molar-refractivity contribution in [2.24, 2.45) is 0 Å². The number of carbonyl (C=O) groups excluding carboxylic acids is 2. The van der Waals surface area contributed by atoms with Gasteiger partial charge in [-0.25, -0.2) is 0 Å². The van der Waals surface area contributed by atoms with Crippen molar-refractivity contribution in [3.05, 3.63) is 53.6 Å². The molecule has 2 aromatic rings. The zero-order valence-corrected chi connectivity index (χ0v) is 17.3. The molecule has 1 saturated heterocycles. The van der Waals surface area contributed by atoms with Crippen LogP contribution in [-0.2, 0) is 16.1 Å². The number of hydrogen-bond acceptors (Lipinski definition) is 6. The minimum atomic E-state index is -0.597. The second kappa shape index (κ2) is 8.75. The average molecular weight is 410 g/mol. The van der Waals surface area contributed by atoms with Crippen LogP contribution >= 0.6 is 0 Å². The number of anilines is 1. The van der Waals surface area contributed by atoms with Crippen molar-refractivity contribution in [1.29, 1.82) is 0 Å². The van der Waals surface area contributed by atoms with Crippen molar-refractivity contribution in [1.82, 2.24) is 4.90 Å². The number of rotatable bonds is 5. The Morgan fingerprint density at radius 3 is 2.63 bits per heavy atom. The predicted octanol–water partition coefficient (Wildman–Crippen LogP) is 2.52. The van der Waals surface area contributed by atoms with E-state index in [0.717, 1.165) is 11.3 Å². The molecule has 0 aromatic heterocycles. The van der Waals surface area contributed by atoms with Gasteiger partial charge in [0.05, 0.1) is 32.6 Å². The first-order valence-corrected chi connectivity index (χ1v) is 10.1. The number of Topliss-reactive ketones (excluding diaryl/α,β-unsaturated/α-hetero) is 1. The molecule has 0 radical (unpaired) electrons. The molecule has 2 aliphatic rings. The molecule has 0 saturated carbocycles. The number of para-hydroxylation sites is 2. The smallest absolute Gasteiger partial charge is 0.265 e. The van der Waals surface area contributed by atoms with Crippen molar-refractivity contribution >= 4 is 17.4 Å². The fourth-order valence-corrected chi connectivity index (χ4v) is 3.90. The Labute approximate surface area is 176 Å². The minimum absolute atomic E-state index is 0.00153. The van der Waals surface area contributed by atoms with Gasteiger partial charge in [0.25, 0.3) is 5.91 Å². The first-order chi connectivity index (χ1) is 14.6. The van der Waals surface area contributed by atoms with E-state index in [4.69, 9.17) is 14.2 Å². The molecule has 30 heavy (non-hydrogen) atoms. The van der Waals surface area contributed by atoms with Crippen LogP contribution in [0.4, 0.5) is 5.69 Å². The van der Waals surface area contributed by atoms with Crippen LogP contribution in [0, 0.1) is 0 Å². The zero-order valence-electron chi connectivity index (χ0n) is 17.3. The van der Waals surface area contributed by atoms with Crippen molar-refractivity contribution in [2.45, 2.75) is 19.6 Å². The molecule has 0 unspecified atom stereocenters. The molecule has 1 amide bonds. The standard InChI is InChI=1S/C23H26N2O5/c1-16(26)17-7-8-20(28-2)18(13-17)14-25-15-22(23(27)24-9-11-29-12-10-24)30-21-6-4-3-5-19(21)25/h3-8,13,22H,9-12,14-15H2,1-2H3/t22-/m1/s1. The van der Waals surface area contributed by atoms with Gasteiger partial charge in [-0.05, 0) is 37.3 Å². The van der Waals surface area contributed by atoms with Crippen LogP contribution in [0.5, 0.6) is 11.5 Å². The van der Waals surface area contributed by atoms with Gasteiger partial charge in [0, 0.05) is 30.8 Å². The van der Waals surface area contributed by atoms with E-state index in [2.05, 4.69) is 4.90 Å². The van der Waals surface area contributed by atoms with E-state index in [1.165, 1.54) is 0 Å². The maximum Gasteiger partial charge on any atom is 0.265 e. The molecule has 1 fully saturated rings. The highest BCUT2D eigenvalue weighted by atomic mass is 16.5. The normalized spacial score (nSPS) is 18.4. The number of ketones is 1. The predicted molar refractivity (Wildman–Crippen MR) is 112 cm³/mol. The topological polar surface area (TPSA) is 68.3 Å². The van der Waals surface area contributed by atoms with E-state index < -0.39 is 6.10 Å². The molecule has 0 spiro atoms. The summed E-state index contributed by atoms with van der Waals surface area (Å²) < 4.78 is 17.0. The first kappa shape index (κ1) is 20.2. The van der Waals surface area contributed by atoms with Crippen LogP contribution in [0.2, 0.25) is 0 Å². The summed E-state index contributed by atoms with van der Waals surface area (Å²) in [5, 5.41) is 0. The lowest BCUT2D eigenvalue weighted by molar-refractivity contribution is -0.142. The molecule has 2 aliphatic heterocycles. The van der Waals surface area contributed by atoms with Crippen molar-refractivity contribution in [2.75, 3.05) is 44.9 Å². The van der Waals surface area contributed by atoms with Gasteiger partial charge in [0.2, 0.25) is 0 Å². The Kier molecular flexibility index (Phi) is 5.90. The lowest BCUT2D eigenvalue weighted by atomic mass is 10.0. The number of ether oxygens (including phenoxy) is 3. The van der Waals surface area contributed by atoms with Crippen LogP contribution in [0.15, 0.2) is 42.5 Å². The third-order valence-corrected chi connectivity index (χ3v) is 5.51. The van der Waals surface area contributed by atoms with Gasteiger partial charge in [0.1, 0.15) is 11.5 Å². The molecule has 0 bridgehead atoms. The average Bonchev–Trinajstić information content (AvgIpc) is 2.79. The number of amides is 1. The number of hydrogen-bond donors (Lipinski definition) is 0. The number of fused-ring (bicyclic) bond motifs is 1. The Bertz CT molecular complexity index is 939. The fourth-order valence-electron chi connectivity index (χ4n) is 3.90. The molecule has 2 aromatic carbocycles. The minimum Gasteiger partial charge on any atom is -0.496 e. The summed E-state index contributed by atoms with van der Waals surface area (Å²) in [5.41, 5.74) is 2.44. The number of carbonyl (C=O) groups is 2. The van der Waals surface area contributed by atoms with Gasteiger partial charge >= 0.3 is 0 Å². The molecular formula is C23H26N2O5. The van der Waals surface area contributed by atoms with Crippen LogP contribution in [-0.4, -0.2) is 62.7 Å². The van der Waals surface area contributed by atoms with E-state index >= 15 is 0 Å². The van der Waals surface area contributed by atoms with Gasteiger partial charge in [-0.1, -0.05) is 12.1 Å². The van der Waals surface area contributed by atoms with Crippen LogP contribution in [0.1, 0.15) is 22.8 Å². The summed E-state index contributed by atoms with van der Waals surface area (Å²) in [4.78, 5) is 28.9. The summed E-state index contributed by atoms with van der Waals surface area (Å²) in [6.45, 7) is 4.72. The molecule has 0 aliphatic carbocycles. The SMILES string of the molecule is COc1ccc(C(C)=O)cc1CN1C[C@H](C(=O)N2CCOCC2)Oc2ccccc21. The molecule has 1 atom stereocenters. The molecule has 7 heteroatoms. The first-order valence-electron chi connectivity index (χ1n) is 10.1. The fraction of sp³-hybridized carbons (Fsp3) is 0.391. The van der Waals surface area contributed by atoms with Gasteiger partial charge in [-0.2, -0.15) is 0 Å². The second-order valence-corrected chi connectivity index (χ2v) is 7.48. The molecule has 0 N–H and O–H groups in total. The van der Waals surface area contributed by atoms with Gasteiger partial charge in [-0.3, -0.25) is 9.59 Å². The van der Waals surface area contributed by atoms with Crippen LogP contribution in [0.25, 0.3) is 0 Å². The Morgan fingerprint density at radius 1 is 1.13 bits per heavy atom. The summed E-state index contributed by atoms with van der Waals surface area (Å²) in [7, 11) is 1.62. The van der Waals surface area contributed by atoms with Crippen molar-refractivity contribution in [3.8, 4) is 11.5 Å². The molecule has 7 nitrogen and oxygen atoms in total. The third kappa shape index (κ3) is 4.11. The summed E-state index contributed by atoms with van der Waals surface area (Å²) >= 11 is 0. The maximum atomic E-state index is 13.1. The largest absolute Gasteiger partial charge is 0.496 e. The Balaban J connectivity index is 1.62. The monoisotopic (exact) mass is 410 g/mol. The Hall–Kier alpha value is -3.06. The van der Waals surface area contributed by atoms with Gasteiger partial charge in [0.15, 0.2) is 11.9 Å². The van der Waals surface area contributed by atoms with E-state index in [-0.39, 0.29) is 11.7 Å². The van der Waals surface area contributed by atoms with E-state index in [1.54, 1.807) is 25.0 Å². The van der Waals surface area contributed by atoms with Gasteiger partial charge < -0.3 is 24.0 Å². The van der Waals surface area contributed by atoms with E-state index in [1.807, 2.05) is 36.4 Å². The van der Waals surface area contributed by atoms with Crippen LogP contribution < -0.4 is 14.4 Å². The summed E-state index contributed by atoms with van der Waals surface area (Å²) in [5.74, 6) is 1.36. The molecule has 2 heterocycles. The van der Waals surface area contributed by atoms with E-state index in [9.17, 15) is 9.59 Å². The Morgan fingerprint density at radius 2 is 1.90 bits per heavy atom. The summed E-state index contributed by atoms with van der Waals surface area (Å²) in [6, 6.07) is 13.1. The highest BCUT2D eigenvalue weighted by molar-refractivity contribution is 5.94. The molecular weight excluding hydrogens is 384 g/mol. The summed E-state index contributed by atoms with van der Waals surface area (Å²) in [6.07, 6.45) is -0.597. The maximum absolute atomic E-state index is 13.1. The number of methoxy groups -OCH3 is 1.